The number of sulfonamides is 1. The molecule has 1 amide bonds. The van der Waals surface area contributed by atoms with Gasteiger partial charge >= 0.3 is 0 Å². The molecule has 1 saturated heterocycles. The van der Waals surface area contributed by atoms with E-state index in [0.29, 0.717) is 38.7 Å². The number of aryl methyl sites for hydroxylation is 2. The first-order chi connectivity index (χ1) is 14.8. The van der Waals surface area contributed by atoms with Crippen molar-refractivity contribution in [3.8, 4) is 0 Å². The fourth-order valence-corrected chi connectivity index (χ4v) is 4.77. The van der Waals surface area contributed by atoms with Crippen molar-refractivity contribution in [1.29, 1.82) is 0 Å². The van der Waals surface area contributed by atoms with Crippen molar-refractivity contribution in [3.63, 3.8) is 0 Å². The van der Waals surface area contributed by atoms with Gasteiger partial charge in [0, 0.05) is 30.7 Å². The highest BCUT2D eigenvalue weighted by molar-refractivity contribution is 7.89. The summed E-state index contributed by atoms with van der Waals surface area (Å²) < 4.78 is 35.4. The topological polar surface area (TPSA) is 111 Å². The van der Waals surface area contributed by atoms with Crippen molar-refractivity contribution in [3.05, 3.63) is 59.7 Å². The summed E-state index contributed by atoms with van der Waals surface area (Å²) in [7, 11) is -3.57. The Kier molecular flexibility index (Phi) is 5.90. The van der Waals surface area contributed by atoms with E-state index in [-0.39, 0.29) is 16.5 Å². The first kappa shape index (κ1) is 21.2. The van der Waals surface area contributed by atoms with Crippen LogP contribution in [0.2, 0.25) is 0 Å². The average Bonchev–Trinajstić information content (AvgIpc) is 3.35. The molecule has 0 atom stereocenters. The molecule has 10 nitrogen and oxygen atoms in total. The molecule has 11 heteroatoms. The third kappa shape index (κ3) is 4.68. The number of morpholine rings is 1. The van der Waals surface area contributed by atoms with Crippen LogP contribution in [-0.2, 0) is 21.4 Å². The Morgan fingerprint density at radius 3 is 2.45 bits per heavy atom. The molecule has 3 heterocycles. The normalized spacial score (nSPS) is 15.2. The molecule has 1 aliphatic rings. The van der Waals surface area contributed by atoms with Crippen LogP contribution in [0.15, 0.2) is 47.5 Å². The van der Waals surface area contributed by atoms with Gasteiger partial charge in [0.05, 0.1) is 23.8 Å². The molecule has 3 aromatic rings. The van der Waals surface area contributed by atoms with Crippen LogP contribution in [0.5, 0.6) is 0 Å². The molecular weight excluding hydrogens is 420 g/mol. The first-order valence-electron chi connectivity index (χ1n) is 9.87. The second-order valence-corrected chi connectivity index (χ2v) is 9.24. The number of benzene rings is 1. The Labute approximate surface area is 180 Å². The van der Waals surface area contributed by atoms with Crippen molar-refractivity contribution in [2.24, 2.45) is 0 Å². The first-order valence-corrected chi connectivity index (χ1v) is 11.3. The van der Waals surface area contributed by atoms with E-state index in [1.807, 2.05) is 19.9 Å². The Morgan fingerprint density at radius 2 is 1.81 bits per heavy atom. The SMILES string of the molecule is Cc1cc(C)n(Cn2ccc(C(=O)Nc3ccc(S(=O)(=O)N4CCOCC4)cc3)n2)n1. The zero-order chi connectivity index (χ0) is 22.0. The minimum absolute atomic E-state index is 0.182. The molecule has 0 bridgehead atoms. The van der Waals surface area contributed by atoms with Crippen LogP contribution in [-0.4, -0.2) is 64.5 Å². The van der Waals surface area contributed by atoms with Crippen LogP contribution < -0.4 is 5.32 Å². The van der Waals surface area contributed by atoms with Gasteiger partial charge in [-0.25, -0.2) is 13.1 Å². The minimum atomic E-state index is -3.57. The molecule has 0 unspecified atom stereocenters. The maximum atomic E-state index is 12.7. The summed E-state index contributed by atoms with van der Waals surface area (Å²) in [5.74, 6) is -0.379. The Bertz CT molecular complexity index is 1180. The Morgan fingerprint density at radius 1 is 1.10 bits per heavy atom. The fourth-order valence-electron chi connectivity index (χ4n) is 3.36. The van der Waals surface area contributed by atoms with Gasteiger partial charge in [-0.15, -0.1) is 0 Å². The van der Waals surface area contributed by atoms with Gasteiger partial charge in [0.1, 0.15) is 6.67 Å². The molecule has 31 heavy (non-hydrogen) atoms. The van der Waals surface area contributed by atoms with Crippen LogP contribution in [0.4, 0.5) is 5.69 Å². The van der Waals surface area contributed by atoms with Crippen molar-refractivity contribution < 1.29 is 17.9 Å². The predicted molar refractivity (Wildman–Crippen MR) is 113 cm³/mol. The lowest BCUT2D eigenvalue weighted by molar-refractivity contribution is 0.0730. The second kappa shape index (κ2) is 8.61. The van der Waals surface area contributed by atoms with Gasteiger partial charge in [0.25, 0.3) is 5.91 Å². The molecule has 164 valence electrons. The molecular formula is C20H24N6O4S. The largest absolute Gasteiger partial charge is 0.379 e. The van der Waals surface area contributed by atoms with Crippen LogP contribution in [0, 0.1) is 13.8 Å². The third-order valence-electron chi connectivity index (χ3n) is 4.98. The van der Waals surface area contributed by atoms with Gasteiger partial charge in [-0.2, -0.15) is 14.5 Å². The number of carbonyl (C=O) groups is 1. The lowest BCUT2D eigenvalue weighted by atomic mass is 10.3. The van der Waals surface area contributed by atoms with E-state index in [2.05, 4.69) is 15.5 Å². The van der Waals surface area contributed by atoms with E-state index < -0.39 is 10.0 Å². The van der Waals surface area contributed by atoms with Crippen LogP contribution in [0.3, 0.4) is 0 Å². The third-order valence-corrected chi connectivity index (χ3v) is 6.89. The van der Waals surface area contributed by atoms with Gasteiger partial charge in [-0.1, -0.05) is 0 Å². The summed E-state index contributed by atoms with van der Waals surface area (Å²) in [6.07, 6.45) is 1.71. The van der Waals surface area contributed by atoms with Crippen LogP contribution in [0.1, 0.15) is 21.9 Å². The molecule has 1 fully saturated rings. The monoisotopic (exact) mass is 444 g/mol. The standard InChI is InChI=1S/C20H24N6O4S/c1-15-13-16(2)26(22-15)14-24-8-7-19(23-24)20(27)21-17-3-5-18(6-4-17)31(28,29)25-9-11-30-12-10-25/h3-8,13H,9-12,14H2,1-2H3,(H,21,27). The van der Waals surface area contributed by atoms with E-state index in [1.165, 1.54) is 16.4 Å². The van der Waals surface area contributed by atoms with Crippen molar-refractivity contribution in [1.82, 2.24) is 23.9 Å². The summed E-state index contributed by atoms with van der Waals surface area (Å²) in [6, 6.07) is 9.71. The number of nitrogens with zero attached hydrogens (tertiary/aromatic N) is 5. The summed E-state index contributed by atoms with van der Waals surface area (Å²) in [5.41, 5.74) is 2.67. The van der Waals surface area contributed by atoms with E-state index >= 15 is 0 Å². The van der Waals surface area contributed by atoms with Crippen molar-refractivity contribution in [2.45, 2.75) is 25.4 Å². The zero-order valence-corrected chi connectivity index (χ0v) is 18.2. The maximum absolute atomic E-state index is 12.7. The molecule has 1 aromatic carbocycles. The number of carbonyl (C=O) groups excluding carboxylic acids is 1. The van der Waals surface area contributed by atoms with Gasteiger partial charge in [-0.3, -0.25) is 9.48 Å². The van der Waals surface area contributed by atoms with Gasteiger partial charge in [0.2, 0.25) is 10.0 Å². The van der Waals surface area contributed by atoms with Crippen molar-refractivity contribution >= 4 is 21.6 Å². The van der Waals surface area contributed by atoms with Crippen molar-refractivity contribution in [2.75, 3.05) is 31.6 Å². The van der Waals surface area contributed by atoms with Gasteiger partial charge in [0.15, 0.2) is 5.69 Å². The smallest absolute Gasteiger partial charge is 0.276 e. The number of nitrogens with one attached hydrogen (secondary N) is 1. The number of hydrogen-bond acceptors (Lipinski definition) is 6. The molecule has 0 saturated carbocycles. The average molecular weight is 445 g/mol. The summed E-state index contributed by atoms with van der Waals surface area (Å²) in [4.78, 5) is 12.7. The molecule has 0 radical (unpaired) electrons. The second-order valence-electron chi connectivity index (χ2n) is 7.30. The highest BCUT2D eigenvalue weighted by Crippen LogP contribution is 2.19. The predicted octanol–water partition coefficient (Wildman–Crippen LogP) is 1.48. The molecule has 0 aliphatic carbocycles. The Balaban J connectivity index is 1.41. The van der Waals surface area contributed by atoms with Crippen LogP contribution >= 0.6 is 0 Å². The summed E-state index contributed by atoms with van der Waals surface area (Å²) in [5, 5.41) is 11.4. The zero-order valence-electron chi connectivity index (χ0n) is 17.4. The quantitative estimate of drug-likeness (QED) is 0.616. The molecule has 1 aliphatic heterocycles. The number of anilines is 1. The molecule has 2 aromatic heterocycles. The fraction of sp³-hybridized carbons (Fsp3) is 0.350. The summed E-state index contributed by atoms with van der Waals surface area (Å²) in [6.45, 7) is 5.73. The lowest BCUT2D eigenvalue weighted by Gasteiger charge is -2.26. The maximum Gasteiger partial charge on any atom is 0.276 e. The Hall–Kier alpha value is -3.02. The van der Waals surface area contributed by atoms with E-state index in [4.69, 9.17) is 4.74 Å². The number of rotatable bonds is 6. The number of amides is 1. The van der Waals surface area contributed by atoms with E-state index in [1.54, 1.807) is 33.8 Å². The minimum Gasteiger partial charge on any atom is -0.379 e. The highest BCUT2D eigenvalue weighted by Gasteiger charge is 2.26. The van der Waals surface area contributed by atoms with Gasteiger partial charge < -0.3 is 10.1 Å². The van der Waals surface area contributed by atoms with E-state index in [0.717, 1.165) is 11.4 Å². The molecule has 4 rings (SSSR count). The number of ether oxygens (including phenoxy) is 1. The molecule has 1 N–H and O–H groups in total. The van der Waals surface area contributed by atoms with Gasteiger partial charge in [-0.05, 0) is 50.2 Å². The molecule has 0 spiro atoms. The summed E-state index contributed by atoms with van der Waals surface area (Å²) >= 11 is 0. The van der Waals surface area contributed by atoms with Crippen LogP contribution in [0.25, 0.3) is 0 Å². The number of aromatic nitrogens is 4. The number of hydrogen-bond donors (Lipinski definition) is 1. The highest BCUT2D eigenvalue weighted by atomic mass is 32.2. The van der Waals surface area contributed by atoms with E-state index in [9.17, 15) is 13.2 Å². The lowest BCUT2D eigenvalue weighted by Crippen LogP contribution is -2.40.